The molecule has 1 unspecified atom stereocenters. The fourth-order valence-corrected chi connectivity index (χ4v) is 17.4. The van der Waals surface area contributed by atoms with Gasteiger partial charge in [-0.3, -0.25) is 71.9 Å². The number of rotatable bonds is 49. The number of halogens is 3. The number of H-pyrrole nitrogens is 1. The Morgan fingerprint density at radius 1 is 0.529 bits per heavy atom. The number of thioether (sulfide) groups is 1. The van der Waals surface area contributed by atoms with Crippen molar-refractivity contribution in [2.75, 3.05) is 52.3 Å². The minimum Gasteiger partial charge on any atom is -0.508 e. The molecule has 3 heterocycles. The number of aliphatic hydroxyl groups excluding tert-OH is 2. The third-order valence-electron chi connectivity index (χ3n) is 24.1. The summed E-state index contributed by atoms with van der Waals surface area (Å²) >= 11 is 0.648. The number of aliphatic hydroxyl groups is 2. The van der Waals surface area contributed by atoms with Crippen LogP contribution >= 0.6 is 11.8 Å². The Morgan fingerprint density at radius 3 is 1.55 bits per heavy atom. The van der Waals surface area contributed by atoms with Crippen LogP contribution in [0.15, 0.2) is 152 Å². The predicted octanol–water partition coefficient (Wildman–Crippen LogP) is 1.78. The summed E-state index contributed by atoms with van der Waals surface area (Å²) in [4.78, 5) is 238. The van der Waals surface area contributed by atoms with Crippen molar-refractivity contribution in [1.29, 1.82) is 0 Å². The standard InChI is InChI=1S/C97H121F3N16O21S/c1-9-10-25-76(96(136)116-49-65(121)44-78(116)91(131)105-61(50-117)43-83(124)125)112(6)95(135)80(41-56-21-15-12-16-22-56)114(8)93(133)73(39-59-35-67(98)84(100)68(99)36-59)106-82(123)52-138-51-75(86(126)104-47-81(101)122)111-87(127)70(34-53(2)3)107-88(128)71(37-57-26-30-62(118)31-27-57)108-89(129)72(42-60-46-103-69-24-18-17-23-66(60)69)109-92(132)79-45-64(120)48-115(79)94(134)74(38-58-28-32-63(119)33-29-58)110-90(130)77(40-55-19-13-11-14-20-55)113(7)97(137)85(102)54(4)5/h11-24,26-33,35-36,46,50,53-54,61,64-65,70-80,85,103,118-121H,9-10,25,34,37-45,47-49,51-52,102H2,1-8H3,(H2,101,122)(H,104,126)(H,105,131)(H,106,123)(H,107,128)(H,108,129)(H,109,132)(H,110,130)(H,111,127)(H,124,125)/t61-,64-,65-,70-,71-,72-,73-,74-,75-,76-,77?,78+,79+,80-,85-/m0/s1. The molecule has 6 aromatic carbocycles. The lowest BCUT2D eigenvalue weighted by Crippen LogP contribution is -2.61. The lowest BCUT2D eigenvalue weighted by atomic mass is 9.99. The van der Waals surface area contributed by atoms with Crippen LogP contribution in [0.4, 0.5) is 13.2 Å². The van der Waals surface area contributed by atoms with Gasteiger partial charge in [0.05, 0.1) is 43.0 Å². The summed E-state index contributed by atoms with van der Waals surface area (Å²) in [5, 5.41) is 73.8. The summed E-state index contributed by atoms with van der Waals surface area (Å²) in [5.74, 6) is -22.2. The number of unbranched alkanes of at least 4 members (excludes halogenated alkanes) is 1. The monoisotopic (exact) mass is 1930 g/mol. The van der Waals surface area contributed by atoms with Crippen molar-refractivity contribution in [2.24, 2.45) is 23.3 Å². The first kappa shape index (κ1) is 108. The molecular formula is C97H121F3N16O21S. The highest BCUT2D eigenvalue weighted by Gasteiger charge is 2.48. The van der Waals surface area contributed by atoms with Crippen molar-refractivity contribution in [2.45, 2.75) is 209 Å². The fourth-order valence-electron chi connectivity index (χ4n) is 16.5. The van der Waals surface area contributed by atoms with Crippen LogP contribution in [0.25, 0.3) is 10.9 Å². The summed E-state index contributed by atoms with van der Waals surface area (Å²) in [6, 6.07) is 16.4. The molecule has 0 radical (unpaired) electrons. The van der Waals surface area contributed by atoms with Gasteiger partial charge in [0.1, 0.15) is 84.2 Å². The number of carbonyl (C=O) groups is 16. The number of β-amino-alcohol motifs (C(OH)–C–C–N with tert-alkyl or cyclic N) is 2. The molecule has 41 heteroatoms. The number of aldehydes is 1. The fraction of sp³-hybridized carbons (Fsp3) is 0.443. The van der Waals surface area contributed by atoms with Gasteiger partial charge in [-0.2, -0.15) is 0 Å². The lowest BCUT2D eigenvalue weighted by Gasteiger charge is -2.37. The molecule has 2 saturated heterocycles. The number of hydrogen-bond donors (Lipinski definition) is 16. The number of carboxylic acids is 1. The summed E-state index contributed by atoms with van der Waals surface area (Å²) in [7, 11) is 3.85. The number of likely N-dealkylation sites (tertiary alicyclic amines) is 2. The molecule has 0 saturated carbocycles. The van der Waals surface area contributed by atoms with Crippen molar-refractivity contribution >= 4 is 118 Å². The van der Waals surface area contributed by atoms with Gasteiger partial charge in [-0.05, 0) is 101 Å². The van der Waals surface area contributed by atoms with E-state index >= 15 is 42.3 Å². The van der Waals surface area contributed by atoms with Crippen molar-refractivity contribution in [3.05, 3.63) is 203 Å². The molecule has 138 heavy (non-hydrogen) atoms. The van der Waals surface area contributed by atoms with Gasteiger partial charge >= 0.3 is 5.97 Å². The highest BCUT2D eigenvalue weighted by Crippen LogP contribution is 2.29. The molecule has 0 spiro atoms. The van der Waals surface area contributed by atoms with E-state index in [0.29, 0.717) is 75.5 Å². The quantitative estimate of drug-likeness (QED) is 0.0191. The SMILES string of the molecule is CCCC[C@@H](C(=O)N1C[C@@H](O)C[C@@H]1C(=O)N[C@H](C=O)CC(=O)O)N(C)C(=O)[C@H](Cc1ccccc1)N(C)C(=O)[C@H](Cc1cc(F)c(F)c(F)c1)NC(=O)CSC[C@H](NC(=O)[C@H](CC(C)C)NC(=O)[C@H](Cc1ccc(O)cc1)NC(=O)[C@H](Cc1c[nH]c2ccccc12)NC(=O)[C@H]1C[C@H](O)CN1C(=O)[C@H](Cc1ccc(O)cc1)NC(=O)C(Cc1ccccc1)N(C)C(=O)[C@@H](N)C(C)C)C(=O)NCC(N)=O. The van der Waals surface area contributed by atoms with Gasteiger partial charge in [-0.15, -0.1) is 11.8 Å². The van der Waals surface area contributed by atoms with Crippen LogP contribution in [0.2, 0.25) is 0 Å². The Hall–Kier alpha value is -13.8. The average molecular weight is 1940 g/mol. The largest absolute Gasteiger partial charge is 0.508 e. The summed E-state index contributed by atoms with van der Waals surface area (Å²) in [5.41, 5.74) is 14.4. The molecule has 37 nitrogen and oxygen atoms in total. The number of para-hydroxylation sites is 1. The van der Waals surface area contributed by atoms with E-state index in [1.165, 1.54) is 74.6 Å². The first-order valence-electron chi connectivity index (χ1n) is 45.3. The number of fused-ring (bicyclic) bond motifs is 1. The van der Waals surface area contributed by atoms with E-state index < -0.39 is 253 Å². The zero-order valence-electron chi connectivity index (χ0n) is 77.8. The van der Waals surface area contributed by atoms with E-state index in [4.69, 9.17) is 11.5 Å². The molecule has 1 aromatic heterocycles. The molecule has 2 aliphatic rings. The minimum absolute atomic E-state index is 0.0323. The number of aliphatic carboxylic acids is 1. The van der Waals surface area contributed by atoms with Crippen molar-refractivity contribution in [3.63, 3.8) is 0 Å². The van der Waals surface area contributed by atoms with E-state index in [1.807, 2.05) is 0 Å². The van der Waals surface area contributed by atoms with Crippen molar-refractivity contribution in [3.8, 4) is 11.5 Å². The third-order valence-corrected chi connectivity index (χ3v) is 25.1. The lowest BCUT2D eigenvalue weighted by molar-refractivity contribution is -0.152. The molecule has 742 valence electrons. The maximum atomic E-state index is 15.6. The smallest absolute Gasteiger partial charge is 0.305 e. The van der Waals surface area contributed by atoms with Crippen LogP contribution in [-0.4, -0.2) is 293 Å². The number of carboxylic acid groups (broad SMARTS) is 1. The number of primary amides is 1. The highest BCUT2D eigenvalue weighted by molar-refractivity contribution is 8.00. The molecule has 18 N–H and O–H groups in total. The highest BCUT2D eigenvalue weighted by atomic mass is 32.2. The second-order valence-corrected chi connectivity index (χ2v) is 36.5. The normalized spacial score (nSPS) is 17.0. The average Bonchev–Trinajstić information content (AvgIpc) is 1.53. The molecule has 0 bridgehead atoms. The molecule has 0 aliphatic carbocycles. The van der Waals surface area contributed by atoms with Gasteiger partial charge < -0.3 is 114 Å². The summed E-state index contributed by atoms with van der Waals surface area (Å²) < 4.78 is 44.9. The molecule has 9 rings (SSSR count). The van der Waals surface area contributed by atoms with Crippen molar-refractivity contribution < 1.29 is 115 Å². The van der Waals surface area contributed by atoms with E-state index in [0.717, 1.165) is 19.6 Å². The van der Waals surface area contributed by atoms with Gasteiger partial charge in [0, 0.05) is 108 Å². The molecular weight excluding hydrogens is 1810 g/mol. The second-order valence-electron chi connectivity index (χ2n) is 35.5. The number of aromatic hydroxyl groups is 2. The number of phenolic OH excluding ortho intramolecular Hbond substituents is 2. The molecule has 7 aromatic rings. The number of phenols is 2. The van der Waals surface area contributed by atoms with Gasteiger partial charge in [0.25, 0.3) is 0 Å². The second kappa shape index (κ2) is 50.9. The van der Waals surface area contributed by atoms with Crippen molar-refractivity contribution in [1.82, 2.24) is 72.0 Å². The van der Waals surface area contributed by atoms with Crippen LogP contribution in [0, 0.1) is 29.3 Å². The minimum atomic E-state index is -1.89. The Kier molecular flexibility index (Phi) is 39.7. The number of nitrogens with one attached hydrogen (secondary N) is 9. The van der Waals surface area contributed by atoms with Gasteiger partial charge in [0.15, 0.2) is 17.5 Å². The summed E-state index contributed by atoms with van der Waals surface area (Å²) in [6.07, 6.45) is -3.91. The van der Waals surface area contributed by atoms with E-state index in [-0.39, 0.29) is 80.6 Å². The first-order chi connectivity index (χ1) is 65.5. The van der Waals surface area contributed by atoms with Crippen LogP contribution in [0.5, 0.6) is 11.5 Å². The topological polar surface area (TPSA) is 555 Å². The van der Waals surface area contributed by atoms with Crippen LogP contribution in [0.3, 0.4) is 0 Å². The molecule has 2 fully saturated rings. The molecule has 14 amide bonds. The molecule has 15 atom stereocenters. The number of aromatic amines is 1. The number of benzene rings is 6. The maximum Gasteiger partial charge on any atom is 0.305 e. The zero-order valence-corrected chi connectivity index (χ0v) is 78.6. The Balaban J connectivity index is 0.970. The number of nitrogens with two attached hydrogens (primary N) is 2. The Morgan fingerprint density at radius 2 is 1.01 bits per heavy atom. The van der Waals surface area contributed by atoms with Gasteiger partial charge in [0.2, 0.25) is 82.7 Å². The summed E-state index contributed by atoms with van der Waals surface area (Å²) in [6.45, 7) is 6.97. The number of nitrogens with zero attached hydrogens (tertiary/aromatic N) is 5. The number of hydrogen-bond acceptors (Lipinski definition) is 22. The Labute approximate surface area is 799 Å². The number of carbonyl (C=O) groups excluding carboxylic acids is 15. The van der Waals surface area contributed by atoms with Crippen LogP contribution in [-0.2, 0) is 115 Å². The van der Waals surface area contributed by atoms with Gasteiger partial charge in [-0.1, -0.05) is 151 Å². The van der Waals surface area contributed by atoms with E-state index in [2.05, 4.69) is 47.5 Å². The maximum absolute atomic E-state index is 15.6. The number of likely N-dealkylation sites (N-methyl/N-ethyl adjacent to an activating group) is 3. The third kappa shape index (κ3) is 30.3. The number of amides is 14. The van der Waals surface area contributed by atoms with Gasteiger partial charge in [-0.25, -0.2) is 13.2 Å². The number of aromatic nitrogens is 1. The van der Waals surface area contributed by atoms with Crippen LogP contribution < -0.4 is 54.0 Å². The van der Waals surface area contributed by atoms with E-state index in [9.17, 15) is 73.1 Å². The first-order valence-corrected chi connectivity index (χ1v) is 46.5. The predicted molar refractivity (Wildman–Crippen MR) is 501 cm³/mol. The Bertz CT molecular complexity index is 5450. The van der Waals surface area contributed by atoms with Crippen LogP contribution in [0.1, 0.15) is 113 Å². The molecule has 2 aliphatic heterocycles. The van der Waals surface area contributed by atoms with E-state index in [1.54, 1.807) is 126 Å². The zero-order chi connectivity index (χ0) is 101.